The molecule has 0 atom stereocenters. The highest BCUT2D eigenvalue weighted by atomic mass is 16.5. The number of carbonyl (C=O) groups is 3. The second kappa shape index (κ2) is 6.97. The summed E-state index contributed by atoms with van der Waals surface area (Å²) in [6.07, 6.45) is 4.75. The zero-order valence-corrected chi connectivity index (χ0v) is 13.3. The van der Waals surface area contributed by atoms with Gasteiger partial charge in [-0.2, -0.15) is 0 Å². The van der Waals surface area contributed by atoms with Crippen molar-refractivity contribution < 1.29 is 19.1 Å². The molecule has 1 heterocycles. The molecule has 25 heavy (non-hydrogen) atoms. The number of para-hydroxylation sites is 1. The highest BCUT2D eigenvalue weighted by molar-refractivity contribution is 6.28. The van der Waals surface area contributed by atoms with Gasteiger partial charge in [0.25, 0.3) is 11.8 Å². The van der Waals surface area contributed by atoms with E-state index in [9.17, 15) is 14.4 Å². The number of hydrogen-bond acceptors (Lipinski definition) is 4. The summed E-state index contributed by atoms with van der Waals surface area (Å²) >= 11 is 0. The minimum atomic E-state index is -0.514. The van der Waals surface area contributed by atoms with Crippen molar-refractivity contribution in [3.05, 3.63) is 84.5 Å². The van der Waals surface area contributed by atoms with Gasteiger partial charge in [-0.15, -0.1) is 6.58 Å². The number of amides is 2. The van der Waals surface area contributed by atoms with Gasteiger partial charge in [-0.3, -0.25) is 9.59 Å². The van der Waals surface area contributed by atoms with Gasteiger partial charge in [-0.25, -0.2) is 9.69 Å². The van der Waals surface area contributed by atoms with E-state index in [2.05, 4.69) is 6.58 Å². The third-order valence-electron chi connectivity index (χ3n) is 3.71. The Balaban J connectivity index is 1.77. The quantitative estimate of drug-likeness (QED) is 0.365. The molecule has 2 aromatic rings. The molecule has 0 saturated heterocycles. The lowest BCUT2D eigenvalue weighted by Gasteiger charge is -2.14. The van der Waals surface area contributed by atoms with Crippen LogP contribution in [0.3, 0.4) is 0 Å². The number of rotatable bonds is 5. The number of anilines is 1. The molecule has 2 amide bonds. The van der Waals surface area contributed by atoms with Crippen molar-refractivity contribution in [2.75, 3.05) is 4.90 Å². The number of esters is 1. The minimum absolute atomic E-state index is 0.323. The van der Waals surface area contributed by atoms with E-state index in [1.807, 2.05) is 12.1 Å². The van der Waals surface area contributed by atoms with Crippen LogP contribution in [0.1, 0.15) is 15.9 Å². The molecular weight excluding hydrogens is 318 g/mol. The van der Waals surface area contributed by atoms with Gasteiger partial charge in [0.05, 0.1) is 11.3 Å². The van der Waals surface area contributed by atoms with Crippen molar-refractivity contribution in [3.63, 3.8) is 0 Å². The first-order valence-electron chi connectivity index (χ1n) is 7.67. The van der Waals surface area contributed by atoms with Crippen molar-refractivity contribution in [1.82, 2.24) is 0 Å². The van der Waals surface area contributed by atoms with Crippen molar-refractivity contribution in [3.8, 4) is 5.75 Å². The Hall–Kier alpha value is -3.47. The lowest BCUT2D eigenvalue weighted by atomic mass is 10.1. The average molecular weight is 333 g/mol. The van der Waals surface area contributed by atoms with Crippen LogP contribution in [-0.4, -0.2) is 17.8 Å². The lowest BCUT2D eigenvalue weighted by Crippen LogP contribution is -2.29. The van der Waals surface area contributed by atoms with Crippen LogP contribution in [0.25, 0.3) is 0 Å². The number of allylic oxidation sites excluding steroid dienone is 1. The molecule has 0 aromatic heterocycles. The Morgan fingerprint density at radius 1 is 1.00 bits per heavy atom. The third-order valence-corrected chi connectivity index (χ3v) is 3.71. The van der Waals surface area contributed by atoms with E-state index in [0.717, 1.165) is 10.5 Å². The normalized spacial score (nSPS) is 13.2. The molecule has 1 aliphatic heterocycles. The summed E-state index contributed by atoms with van der Waals surface area (Å²) in [5.74, 6) is -0.844. The van der Waals surface area contributed by atoms with Crippen molar-refractivity contribution >= 4 is 23.5 Å². The van der Waals surface area contributed by atoms with Gasteiger partial charge in [0.1, 0.15) is 5.75 Å². The Bertz CT molecular complexity index is 863. The maximum Gasteiger partial charge on any atom is 0.343 e. The molecule has 0 aliphatic carbocycles. The molecule has 2 aromatic carbocycles. The third kappa shape index (κ3) is 3.40. The Labute approximate surface area is 144 Å². The van der Waals surface area contributed by atoms with Gasteiger partial charge in [0, 0.05) is 12.2 Å². The SMILES string of the molecule is C=CCc1ccccc1OC(=O)c1ccc(N2C(=O)C=CC2=O)cc1. The van der Waals surface area contributed by atoms with E-state index in [4.69, 9.17) is 4.74 Å². The number of ether oxygens (including phenoxy) is 1. The summed E-state index contributed by atoms with van der Waals surface area (Å²) in [5.41, 5.74) is 1.59. The lowest BCUT2D eigenvalue weighted by molar-refractivity contribution is -0.119. The standard InChI is InChI=1S/C20H15NO4/c1-2-5-14-6-3-4-7-17(14)25-20(24)15-8-10-16(11-9-15)21-18(22)12-13-19(21)23/h2-4,6-13H,1,5H2. The van der Waals surface area contributed by atoms with Crippen LogP contribution in [0.4, 0.5) is 5.69 Å². The first kappa shape index (κ1) is 16.4. The predicted molar refractivity (Wildman–Crippen MR) is 93.4 cm³/mol. The number of carbonyl (C=O) groups excluding carboxylic acids is 3. The van der Waals surface area contributed by atoms with Crippen LogP contribution in [0, 0.1) is 0 Å². The zero-order valence-electron chi connectivity index (χ0n) is 13.3. The summed E-state index contributed by atoms with van der Waals surface area (Å²) in [7, 11) is 0. The van der Waals surface area contributed by atoms with Crippen LogP contribution in [-0.2, 0) is 16.0 Å². The molecule has 3 rings (SSSR count). The molecule has 5 heteroatoms. The molecule has 0 saturated carbocycles. The molecule has 5 nitrogen and oxygen atoms in total. The van der Waals surface area contributed by atoms with Gasteiger partial charge >= 0.3 is 5.97 Å². The van der Waals surface area contributed by atoms with Gasteiger partial charge in [0.15, 0.2) is 0 Å². The first-order valence-corrected chi connectivity index (χ1v) is 7.67. The molecule has 0 N–H and O–H groups in total. The van der Waals surface area contributed by atoms with Gasteiger partial charge in [0.2, 0.25) is 0 Å². The second-order valence-corrected chi connectivity index (χ2v) is 5.38. The number of hydrogen-bond donors (Lipinski definition) is 0. The van der Waals surface area contributed by atoms with Gasteiger partial charge in [-0.05, 0) is 42.3 Å². The summed E-state index contributed by atoms with van der Waals surface area (Å²) < 4.78 is 5.45. The number of nitrogens with zero attached hydrogens (tertiary/aromatic N) is 1. The number of benzene rings is 2. The van der Waals surface area contributed by atoms with Crippen molar-refractivity contribution in [2.24, 2.45) is 0 Å². The number of imide groups is 1. The maximum absolute atomic E-state index is 12.3. The molecular formula is C20H15NO4. The van der Waals surface area contributed by atoms with Crippen LogP contribution in [0.5, 0.6) is 5.75 Å². The molecule has 1 aliphatic rings. The zero-order chi connectivity index (χ0) is 17.8. The average Bonchev–Trinajstić information content (AvgIpc) is 2.95. The first-order chi connectivity index (χ1) is 12.1. The fourth-order valence-electron chi connectivity index (χ4n) is 2.49. The van der Waals surface area contributed by atoms with E-state index < -0.39 is 17.8 Å². The highest BCUT2D eigenvalue weighted by Gasteiger charge is 2.25. The van der Waals surface area contributed by atoms with E-state index in [1.54, 1.807) is 18.2 Å². The summed E-state index contributed by atoms with van der Waals surface area (Å²) in [6, 6.07) is 13.4. The van der Waals surface area contributed by atoms with E-state index in [0.29, 0.717) is 23.4 Å². The smallest absolute Gasteiger partial charge is 0.343 e. The topological polar surface area (TPSA) is 63.7 Å². The van der Waals surface area contributed by atoms with Crippen LogP contribution in [0.2, 0.25) is 0 Å². The molecule has 0 radical (unpaired) electrons. The Morgan fingerprint density at radius 2 is 1.64 bits per heavy atom. The highest BCUT2D eigenvalue weighted by Crippen LogP contribution is 2.22. The maximum atomic E-state index is 12.3. The van der Waals surface area contributed by atoms with E-state index in [1.165, 1.54) is 36.4 Å². The molecule has 0 spiro atoms. The van der Waals surface area contributed by atoms with Crippen molar-refractivity contribution in [2.45, 2.75) is 6.42 Å². The van der Waals surface area contributed by atoms with Crippen LogP contribution in [0.15, 0.2) is 73.3 Å². The summed E-state index contributed by atoms with van der Waals surface area (Å²) in [4.78, 5) is 36.7. The predicted octanol–water partition coefficient (Wildman–Crippen LogP) is 3.06. The monoisotopic (exact) mass is 333 g/mol. The Kier molecular flexibility index (Phi) is 4.57. The summed E-state index contributed by atoms with van der Waals surface area (Å²) in [6.45, 7) is 3.69. The Morgan fingerprint density at radius 3 is 2.28 bits per heavy atom. The summed E-state index contributed by atoms with van der Waals surface area (Å²) in [5, 5.41) is 0. The van der Waals surface area contributed by atoms with Crippen molar-refractivity contribution in [1.29, 1.82) is 0 Å². The van der Waals surface area contributed by atoms with Gasteiger partial charge in [-0.1, -0.05) is 24.3 Å². The van der Waals surface area contributed by atoms with Crippen LogP contribution >= 0.6 is 0 Å². The molecule has 0 unspecified atom stereocenters. The second-order valence-electron chi connectivity index (χ2n) is 5.38. The van der Waals surface area contributed by atoms with E-state index >= 15 is 0 Å². The largest absolute Gasteiger partial charge is 0.423 e. The van der Waals surface area contributed by atoms with E-state index in [-0.39, 0.29) is 0 Å². The molecule has 0 fully saturated rings. The minimum Gasteiger partial charge on any atom is -0.423 e. The van der Waals surface area contributed by atoms with Crippen LogP contribution < -0.4 is 9.64 Å². The fourth-order valence-corrected chi connectivity index (χ4v) is 2.49. The fraction of sp³-hybridized carbons (Fsp3) is 0.0500. The molecule has 124 valence electrons. The van der Waals surface area contributed by atoms with Gasteiger partial charge < -0.3 is 4.74 Å². The molecule has 0 bridgehead atoms.